The minimum absolute atomic E-state index is 0.0895. The third kappa shape index (κ3) is 2.75. The summed E-state index contributed by atoms with van der Waals surface area (Å²) in [6.45, 7) is 2.86. The largest absolute Gasteiger partial charge is 0.507 e. The van der Waals surface area contributed by atoms with E-state index in [0.717, 1.165) is 0 Å². The van der Waals surface area contributed by atoms with Crippen molar-refractivity contribution in [3.8, 4) is 57.1 Å². The second-order valence-electron chi connectivity index (χ2n) is 8.02. The van der Waals surface area contributed by atoms with Crippen LogP contribution in [0.25, 0.3) is 21.9 Å². The maximum Gasteiger partial charge on any atom is 0.238 e. The van der Waals surface area contributed by atoms with E-state index < -0.39 is 106 Å². The Morgan fingerprint density at radius 1 is 0.417 bits per heavy atom. The molecule has 186 valence electrons. The van der Waals surface area contributed by atoms with E-state index >= 15 is 0 Å². The van der Waals surface area contributed by atoms with Gasteiger partial charge in [0.25, 0.3) is 0 Å². The minimum atomic E-state index is -1.69. The van der Waals surface area contributed by atoms with Gasteiger partial charge in [-0.1, -0.05) is 13.8 Å². The van der Waals surface area contributed by atoms with Gasteiger partial charge in [-0.15, -0.1) is 0 Å². The first-order valence-electron chi connectivity index (χ1n) is 10.5. The highest BCUT2D eigenvalue weighted by Crippen LogP contribution is 2.57. The van der Waals surface area contributed by atoms with Crippen molar-refractivity contribution in [1.82, 2.24) is 0 Å². The summed E-state index contributed by atoms with van der Waals surface area (Å²) >= 11 is 0. The Morgan fingerprint density at radius 2 is 0.917 bits per heavy atom. The average molecular weight is 498 g/mol. The van der Waals surface area contributed by atoms with Gasteiger partial charge in [0.05, 0.1) is 32.3 Å². The smallest absolute Gasteiger partial charge is 0.238 e. The normalized spacial score (nSPS) is 11.5. The molecule has 0 atom stereocenters. The monoisotopic (exact) mass is 498 g/mol. The maximum atomic E-state index is 13.0. The third-order valence-corrected chi connectivity index (χ3v) is 6.26. The van der Waals surface area contributed by atoms with Crippen molar-refractivity contribution in [3.05, 3.63) is 62.5 Å². The zero-order chi connectivity index (χ0) is 27.0. The lowest BCUT2D eigenvalue weighted by Gasteiger charge is -2.18. The number of phenols is 6. The third-order valence-electron chi connectivity index (χ3n) is 6.26. The van der Waals surface area contributed by atoms with Crippen molar-refractivity contribution in [2.45, 2.75) is 26.7 Å². The van der Waals surface area contributed by atoms with Crippen LogP contribution in [0.15, 0.2) is 19.2 Å². The Morgan fingerprint density at radius 3 is 1.47 bits per heavy atom. The summed E-state index contributed by atoms with van der Waals surface area (Å²) in [4.78, 5) is 50.5. The molecule has 12 heteroatoms. The van der Waals surface area contributed by atoms with E-state index in [1.54, 1.807) is 0 Å². The van der Waals surface area contributed by atoms with Crippen LogP contribution in [0.2, 0.25) is 0 Å². The molecule has 2 aliphatic rings. The lowest BCUT2D eigenvalue weighted by Crippen LogP contribution is -2.37. The Bertz CT molecular complexity index is 1910. The van der Waals surface area contributed by atoms with Crippen molar-refractivity contribution in [2.24, 2.45) is 0 Å². The van der Waals surface area contributed by atoms with E-state index in [1.807, 2.05) is 0 Å². The molecule has 2 aromatic rings. The number of hydrogen-bond acceptors (Lipinski definition) is 12. The van der Waals surface area contributed by atoms with Crippen molar-refractivity contribution < 1.29 is 40.9 Å². The van der Waals surface area contributed by atoms with E-state index in [-0.39, 0.29) is 18.4 Å². The fourth-order valence-electron chi connectivity index (χ4n) is 4.48. The van der Waals surface area contributed by atoms with Gasteiger partial charge in [0.15, 0.2) is 23.0 Å². The fraction of sp³-hybridized carbons (Fsp3) is 0.167. The summed E-state index contributed by atoms with van der Waals surface area (Å²) < 4.78 is 0. The second kappa shape index (κ2) is 7.77. The van der Waals surface area contributed by atoms with Crippen molar-refractivity contribution in [3.63, 3.8) is 0 Å². The first-order chi connectivity index (χ1) is 16.8. The highest BCUT2D eigenvalue weighted by Gasteiger charge is 2.32. The van der Waals surface area contributed by atoms with Crippen LogP contribution in [-0.2, 0) is 12.8 Å². The maximum absolute atomic E-state index is 13.0. The molecule has 2 aliphatic carbocycles. The number of aromatic hydroxyl groups is 8. The predicted molar refractivity (Wildman–Crippen MR) is 124 cm³/mol. The van der Waals surface area contributed by atoms with Crippen LogP contribution < -0.4 is 21.7 Å². The molecule has 36 heavy (non-hydrogen) atoms. The van der Waals surface area contributed by atoms with Gasteiger partial charge in [-0.2, -0.15) is 0 Å². The summed E-state index contributed by atoms with van der Waals surface area (Å²) in [6, 6.07) is 0. The van der Waals surface area contributed by atoms with Crippen LogP contribution in [0.4, 0.5) is 0 Å². The first kappa shape index (κ1) is 24.1. The highest BCUT2D eigenvalue weighted by molar-refractivity contribution is 6.10. The summed E-state index contributed by atoms with van der Waals surface area (Å²) in [7, 11) is 0. The molecule has 0 aromatic heterocycles. The lowest BCUT2D eigenvalue weighted by molar-refractivity contribution is 0.384. The Balaban J connectivity index is 2.38. The number of phenolic OH excluding ortho intramolecular Hbond substituents is 6. The fourth-order valence-corrected chi connectivity index (χ4v) is 4.48. The summed E-state index contributed by atoms with van der Waals surface area (Å²) in [6.07, 6.45) is -0.282. The van der Waals surface area contributed by atoms with Gasteiger partial charge in [0.2, 0.25) is 21.7 Å². The van der Waals surface area contributed by atoms with Crippen LogP contribution >= 0.6 is 0 Å². The molecule has 0 fully saturated rings. The standard InChI is InChI=1S/C24H18O12/c1-3-5-13(25)7-11(19(31)15(5)27)23(35)21(33)9(17(7)29)10-18(30)8-12(24(36)22(10)34)20(32)16(28)6(4-2)14(8)26/h25-27,29-31,33,35H,3-4H2,1-2H3. The molecule has 0 amide bonds. The molecular formula is C24H18O12. The van der Waals surface area contributed by atoms with Crippen LogP contribution in [0, 0.1) is 10.4 Å². The molecule has 2 aromatic carbocycles. The van der Waals surface area contributed by atoms with E-state index in [4.69, 9.17) is 0 Å². The Kier molecular flexibility index (Phi) is 5.21. The summed E-state index contributed by atoms with van der Waals surface area (Å²) in [5.74, 6) is -8.83. The Labute approximate surface area is 198 Å². The predicted octanol–water partition coefficient (Wildman–Crippen LogP) is 0.318. The first-order valence-corrected chi connectivity index (χ1v) is 10.5. The van der Waals surface area contributed by atoms with Gasteiger partial charge in [-0.3, -0.25) is 19.2 Å². The van der Waals surface area contributed by atoms with E-state index in [0.29, 0.717) is 0 Å². The number of fused-ring (bicyclic) bond motifs is 1. The minimum Gasteiger partial charge on any atom is -0.507 e. The van der Waals surface area contributed by atoms with Gasteiger partial charge in [-0.05, 0) is 12.8 Å². The van der Waals surface area contributed by atoms with Crippen molar-refractivity contribution >= 4 is 10.8 Å². The van der Waals surface area contributed by atoms with Gasteiger partial charge in [-0.25, -0.2) is 0 Å². The number of rotatable bonds is 3. The average Bonchev–Trinajstić information content (AvgIpc) is 2.83. The second-order valence-corrected chi connectivity index (χ2v) is 8.02. The lowest BCUT2D eigenvalue weighted by atomic mass is 9.91. The van der Waals surface area contributed by atoms with E-state index in [9.17, 15) is 60.0 Å². The van der Waals surface area contributed by atoms with Crippen LogP contribution in [0.1, 0.15) is 25.0 Å². The Hall–Kier alpha value is -5.00. The van der Waals surface area contributed by atoms with E-state index in [1.165, 1.54) is 13.8 Å². The molecule has 0 heterocycles. The van der Waals surface area contributed by atoms with Crippen LogP contribution in [0.3, 0.4) is 0 Å². The zero-order valence-electron chi connectivity index (χ0n) is 18.6. The topological polar surface area (TPSA) is 230 Å². The number of benzene rings is 2. The molecular weight excluding hydrogens is 480 g/mol. The van der Waals surface area contributed by atoms with Gasteiger partial charge < -0.3 is 40.9 Å². The molecule has 0 saturated heterocycles. The number of hydrogen-bond donors (Lipinski definition) is 8. The quantitative estimate of drug-likeness (QED) is 0.108. The van der Waals surface area contributed by atoms with Crippen LogP contribution in [0.5, 0.6) is 46.0 Å². The molecule has 0 aliphatic heterocycles. The molecule has 8 N–H and O–H groups in total. The molecule has 0 saturated carbocycles. The van der Waals surface area contributed by atoms with Crippen molar-refractivity contribution in [1.29, 1.82) is 0 Å². The molecule has 0 bridgehead atoms. The van der Waals surface area contributed by atoms with Crippen LogP contribution in [-0.4, -0.2) is 40.9 Å². The van der Waals surface area contributed by atoms with Gasteiger partial charge >= 0.3 is 0 Å². The molecule has 0 spiro atoms. The highest BCUT2D eigenvalue weighted by atomic mass is 16.3. The molecule has 0 unspecified atom stereocenters. The van der Waals surface area contributed by atoms with Crippen molar-refractivity contribution in [2.75, 3.05) is 0 Å². The van der Waals surface area contributed by atoms with E-state index in [2.05, 4.69) is 0 Å². The zero-order valence-corrected chi connectivity index (χ0v) is 18.6. The van der Waals surface area contributed by atoms with Gasteiger partial charge in [0, 0.05) is 11.1 Å². The molecule has 4 rings (SSSR count). The van der Waals surface area contributed by atoms with Gasteiger partial charge in [0.1, 0.15) is 23.0 Å². The summed E-state index contributed by atoms with van der Waals surface area (Å²) in [5, 5.41) is 81.1. The SMILES string of the molecule is CCc1c(O)c(O)c2c(O)c(O)c(-c3c(O)c4c(O)c(CC)c(=O)c(=O)c=4c(=O)c3=O)c(O)c2c1O. The molecule has 0 radical (unpaired) electrons. The molecule has 12 nitrogen and oxygen atoms in total. The summed E-state index contributed by atoms with van der Waals surface area (Å²) in [5.41, 5.74) is -9.06.